The Bertz CT molecular complexity index is 792. The van der Waals surface area contributed by atoms with Crippen LogP contribution in [-0.4, -0.2) is 27.7 Å². The van der Waals surface area contributed by atoms with Crippen LogP contribution in [0.2, 0.25) is 0 Å². The van der Waals surface area contributed by atoms with Gasteiger partial charge in [-0.25, -0.2) is 8.42 Å². The summed E-state index contributed by atoms with van der Waals surface area (Å²) in [6.07, 6.45) is 0.136. The summed E-state index contributed by atoms with van der Waals surface area (Å²) in [7, 11) is -3.53. The van der Waals surface area contributed by atoms with E-state index in [4.69, 9.17) is 9.47 Å². The lowest BCUT2D eigenvalue weighted by Crippen LogP contribution is -2.07. The zero-order valence-electron chi connectivity index (χ0n) is 12.6. The predicted molar refractivity (Wildman–Crippen MR) is 83.0 cm³/mol. The van der Waals surface area contributed by atoms with Gasteiger partial charge in [-0.2, -0.15) is 0 Å². The van der Waals surface area contributed by atoms with Gasteiger partial charge in [-0.1, -0.05) is 18.2 Å². The second-order valence-corrected chi connectivity index (χ2v) is 7.46. The highest BCUT2D eigenvalue weighted by atomic mass is 32.2. The van der Waals surface area contributed by atoms with Gasteiger partial charge in [0.1, 0.15) is 18.5 Å². The summed E-state index contributed by atoms with van der Waals surface area (Å²) in [6, 6.07) is 11.9. The topological polar surface area (TPSA) is 55.9 Å². The molecule has 0 bridgehead atoms. The molecule has 2 aromatic rings. The van der Waals surface area contributed by atoms with E-state index >= 15 is 0 Å². The molecular formula is C17H18O4S. The molecule has 0 spiro atoms. The highest BCUT2D eigenvalue weighted by molar-refractivity contribution is 7.91. The van der Waals surface area contributed by atoms with Crippen molar-refractivity contribution in [2.24, 2.45) is 0 Å². The summed E-state index contributed by atoms with van der Waals surface area (Å²) < 4.78 is 36.2. The van der Waals surface area contributed by atoms with Gasteiger partial charge in [0, 0.05) is 0 Å². The van der Waals surface area contributed by atoms with Crippen LogP contribution in [0.25, 0.3) is 0 Å². The van der Waals surface area contributed by atoms with Crippen LogP contribution in [0, 0.1) is 13.8 Å². The third-order valence-electron chi connectivity index (χ3n) is 3.60. The van der Waals surface area contributed by atoms with Crippen molar-refractivity contribution in [3.05, 3.63) is 53.6 Å². The molecule has 0 N–H and O–H groups in total. The average Bonchev–Trinajstić information content (AvgIpc) is 3.30. The van der Waals surface area contributed by atoms with Gasteiger partial charge in [0.05, 0.1) is 16.4 Å². The van der Waals surface area contributed by atoms with E-state index in [9.17, 15) is 8.42 Å². The second kappa shape index (κ2) is 5.74. The van der Waals surface area contributed by atoms with Crippen LogP contribution >= 0.6 is 0 Å². The molecule has 3 rings (SSSR count). The van der Waals surface area contributed by atoms with Gasteiger partial charge in [-0.05, 0) is 49.2 Å². The van der Waals surface area contributed by atoms with Crippen molar-refractivity contribution in [1.82, 2.24) is 0 Å². The van der Waals surface area contributed by atoms with Crippen LogP contribution in [0.1, 0.15) is 11.1 Å². The Kier molecular flexibility index (Phi) is 3.93. The highest BCUT2D eigenvalue weighted by Gasteiger charge is 2.24. The lowest BCUT2D eigenvalue weighted by atomic mass is 10.2. The van der Waals surface area contributed by atoms with E-state index in [2.05, 4.69) is 0 Å². The molecular weight excluding hydrogens is 300 g/mol. The number of hydrogen-bond donors (Lipinski definition) is 0. The summed E-state index contributed by atoms with van der Waals surface area (Å²) >= 11 is 0. The normalized spacial score (nSPS) is 17.3. The van der Waals surface area contributed by atoms with Gasteiger partial charge in [0.2, 0.25) is 9.84 Å². The van der Waals surface area contributed by atoms with Crippen LogP contribution in [0.15, 0.2) is 52.3 Å². The van der Waals surface area contributed by atoms with Crippen LogP contribution < -0.4 is 4.74 Å². The molecule has 1 saturated heterocycles. The van der Waals surface area contributed by atoms with Gasteiger partial charge in [0.25, 0.3) is 0 Å². The first kappa shape index (κ1) is 15.1. The Morgan fingerprint density at radius 1 is 1.14 bits per heavy atom. The van der Waals surface area contributed by atoms with E-state index in [0.29, 0.717) is 23.9 Å². The summed E-state index contributed by atoms with van der Waals surface area (Å²) in [5.41, 5.74) is 1.82. The number of epoxide rings is 1. The highest BCUT2D eigenvalue weighted by Crippen LogP contribution is 2.28. The van der Waals surface area contributed by atoms with Gasteiger partial charge in [0.15, 0.2) is 0 Å². The number of ether oxygens (including phenoxy) is 2. The van der Waals surface area contributed by atoms with Crippen molar-refractivity contribution in [2.45, 2.75) is 29.7 Å². The fourth-order valence-electron chi connectivity index (χ4n) is 2.17. The van der Waals surface area contributed by atoms with E-state index < -0.39 is 9.84 Å². The maximum atomic E-state index is 12.7. The van der Waals surface area contributed by atoms with Crippen molar-refractivity contribution < 1.29 is 17.9 Å². The average molecular weight is 318 g/mol. The summed E-state index contributed by atoms with van der Waals surface area (Å²) in [5.74, 6) is 0.587. The lowest BCUT2D eigenvalue weighted by molar-refractivity contribution is 0.261. The molecule has 5 heteroatoms. The number of aryl methyl sites for hydroxylation is 2. The van der Waals surface area contributed by atoms with Crippen LogP contribution in [0.3, 0.4) is 0 Å². The van der Waals surface area contributed by atoms with Crippen molar-refractivity contribution in [3.63, 3.8) is 0 Å². The van der Waals surface area contributed by atoms with E-state index in [1.807, 2.05) is 19.9 Å². The molecule has 4 nitrogen and oxygen atoms in total. The number of rotatable bonds is 5. The first-order valence-electron chi connectivity index (χ1n) is 7.13. The maximum absolute atomic E-state index is 12.7. The predicted octanol–water partition coefficient (Wildman–Crippen LogP) is 2.91. The van der Waals surface area contributed by atoms with E-state index in [1.165, 1.54) is 0 Å². The van der Waals surface area contributed by atoms with Crippen LogP contribution in [-0.2, 0) is 14.6 Å². The molecule has 22 heavy (non-hydrogen) atoms. The molecule has 1 unspecified atom stereocenters. The first-order valence-corrected chi connectivity index (χ1v) is 8.62. The molecule has 2 aromatic carbocycles. The van der Waals surface area contributed by atoms with E-state index in [1.54, 1.807) is 36.4 Å². The van der Waals surface area contributed by atoms with Gasteiger partial charge in [-0.15, -0.1) is 0 Å². The number of benzene rings is 2. The Hall–Kier alpha value is -1.85. The zero-order valence-corrected chi connectivity index (χ0v) is 13.4. The molecule has 1 heterocycles. The number of hydrogen-bond acceptors (Lipinski definition) is 4. The third kappa shape index (κ3) is 3.15. The summed E-state index contributed by atoms with van der Waals surface area (Å²) in [6.45, 7) is 4.93. The smallest absolute Gasteiger partial charge is 0.206 e. The fraction of sp³-hybridized carbons (Fsp3) is 0.294. The molecule has 1 atom stereocenters. The molecule has 116 valence electrons. The molecule has 1 aliphatic heterocycles. The minimum atomic E-state index is -3.53. The van der Waals surface area contributed by atoms with Crippen LogP contribution in [0.4, 0.5) is 0 Å². The Morgan fingerprint density at radius 2 is 1.86 bits per heavy atom. The monoisotopic (exact) mass is 318 g/mol. The van der Waals surface area contributed by atoms with E-state index in [-0.39, 0.29) is 11.0 Å². The number of sulfone groups is 1. The third-order valence-corrected chi connectivity index (χ3v) is 5.35. The minimum Gasteiger partial charge on any atom is -0.490 e. The largest absolute Gasteiger partial charge is 0.490 e. The minimum absolute atomic E-state index is 0.136. The molecule has 1 aliphatic rings. The molecule has 0 radical (unpaired) electrons. The maximum Gasteiger partial charge on any atom is 0.206 e. The van der Waals surface area contributed by atoms with Gasteiger partial charge in [-0.3, -0.25) is 0 Å². The van der Waals surface area contributed by atoms with E-state index in [0.717, 1.165) is 11.1 Å². The Balaban J connectivity index is 1.94. The van der Waals surface area contributed by atoms with Crippen LogP contribution in [0.5, 0.6) is 5.75 Å². The first-order chi connectivity index (χ1) is 10.5. The SMILES string of the molecule is Cc1cccc(S(=O)(=O)c2ccc(C)c(OCC3CO3)c2)c1. The Morgan fingerprint density at radius 3 is 2.55 bits per heavy atom. The summed E-state index contributed by atoms with van der Waals surface area (Å²) in [4.78, 5) is 0.545. The molecule has 0 aliphatic carbocycles. The van der Waals surface area contributed by atoms with Crippen molar-refractivity contribution in [3.8, 4) is 5.75 Å². The quantitative estimate of drug-likeness (QED) is 0.795. The molecule has 1 fully saturated rings. The molecule has 0 saturated carbocycles. The fourth-order valence-corrected chi connectivity index (χ4v) is 3.55. The Labute approximate surface area is 130 Å². The van der Waals surface area contributed by atoms with Gasteiger partial charge < -0.3 is 9.47 Å². The second-order valence-electron chi connectivity index (χ2n) is 5.51. The molecule has 0 aromatic heterocycles. The molecule has 0 amide bonds. The zero-order chi connectivity index (χ0) is 15.7. The lowest BCUT2D eigenvalue weighted by Gasteiger charge is -2.11. The summed E-state index contributed by atoms with van der Waals surface area (Å²) in [5, 5.41) is 0. The van der Waals surface area contributed by atoms with Gasteiger partial charge >= 0.3 is 0 Å². The van der Waals surface area contributed by atoms with Crippen molar-refractivity contribution in [1.29, 1.82) is 0 Å². The van der Waals surface area contributed by atoms with Crippen molar-refractivity contribution in [2.75, 3.05) is 13.2 Å². The standard InChI is InChI=1S/C17H18O4S/c1-12-4-3-5-15(8-12)22(18,19)16-7-6-13(2)17(9-16)21-11-14-10-20-14/h3-9,14H,10-11H2,1-2H3. The van der Waals surface area contributed by atoms with Crippen molar-refractivity contribution >= 4 is 9.84 Å².